The molecule has 0 fully saturated rings. The Bertz CT molecular complexity index is 1020. The second-order valence-corrected chi connectivity index (χ2v) is 7.29. The van der Waals surface area contributed by atoms with Crippen LogP contribution in [0.25, 0.3) is 0 Å². The first-order valence-corrected chi connectivity index (χ1v) is 9.61. The third-order valence-electron chi connectivity index (χ3n) is 4.23. The quantitative estimate of drug-likeness (QED) is 0.343. The number of amides is 1. The average molecular weight is 410 g/mol. The van der Waals surface area contributed by atoms with Crippen molar-refractivity contribution in [2.75, 3.05) is 6.61 Å². The number of ether oxygens (including phenoxy) is 1. The van der Waals surface area contributed by atoms with E-state index in [-0.39, 0.29) is 35.6 Å². The second-order valence-electron chi connectivity index (χ2n) is 6.31. The smallest absolute Gasteiger partial charge is 0.270 e. The largest absolute Gasteiger partial charge is 0.483 e. The van der Waals surface area contributed by atoms with Crippen LogP contribution in [0.3, 0.4) is 0 Å². The number of rotatable bonds is 8. The molecular formula is C21H18N2O5S. The number of nitrogens with zero attached hydrogens (tertiary/aromatic N) is 1. The molecule has 8 heteroatoms. The Morgan fingerprint density at radius 3 is 2.62 bits per heavy atom. The van der Waals surface area contributed by atoms with Gasteiger partial charge in [-0.15, -0.1) is 11.3 Å². The van der Waals surface area contributed by atoms with Crippen LogP contribution in [0, 0.1) is 17.0 Å². The molecule has 1 atom stereocenters. The number of nitro groups is 1. The lowest BCUT2D eigenvalue weighted by molar-refractivity contribution is -0.384. The summed E-state index contributed by atoms with van der Waals surface area (Å²) in [6.07, 6.45) is 0.459. The number of hydrogen-bond donors (Lipinski definition) is 1. The van der Waals surface area contributed by atoms with Gasteiger partial charge in [-0.05, 0) is 30.0 Å². The van der Waals surface area contributed by atoms with Crippen molar-refractivity contribution in [3.8, 4) is 5.75 Å². The minimum atomic E-state index is -0.601. The number of aldehydes is 1. The highest BCUT2D eigenvalue weighted by atomic mass is 32.1. The van der Waals surface area contributed by atoms with Crippen LogP contribution in [-0.4, -0.2) is 23.7 Å². The average Bonchev–Trinajstić information content (AvgIpc) is 3.25. The van der Waals surface area contributed by atoms with Crippen molar-refractivity contribution < 1.29 is 19.2 Å². The molecule has 0 bridgehead atoms. The van der Waals surface area contributed by atoms with Crippen LogP contribution in [0.15, 0.2) is 60.0 Å². The van der Waals surface area contributed by atoms with Gasteiger partial charge in [0.25, 0.3) is 11.6 Å². The molecule has 1 heterocycles. The maximum Gasteiger partial charge on any atom is 0.270 e. The van der Waals surface area contributed by atoms with E-state index in [0.717, 1.165) is 22.1 Å². The van der Waals surface area contributed by atoms with Crippen molar-refractivity contribution in [1.82, 2.24) is 5.32 Å². The standard InChI is InChI=1S/C21H18N2O5S/c1-14-4-6-15(7-5-14)21(19-3-2-10-29-19)22-20(25)13-28-18-9-8-17(23(26)27)11-16(18)12-24/h2-12,21H,13H2,1H3,(H,22,25). The Morgan fingerprint density at radius 1 is 1.24 bits per heavy atom. The molecule has 0 saturated heterocycles. The number of nitro benzene ring substituents is 1. The molecule has 0 aliphatic heterocycles. The second kappa shape index (κ2) is 9.11. The monoisotopic (exact) mass is 410 g/mol. The van der Waals surface area contributed by atoms with E-state index in [2.05, 4.69) is 5.32 Å². The van der Waals surface area contributed by atoms with Crippen LogP contribution in [0.4, 0.5) is 5.69 Å². The zero-order chi connectivity index (χ0) is 20.8. The molecule has 148 valence electrons. The molecular weight excluding hydrogens is 392 g/mol. The minimum Gasteiger partial charge on any atom is -0.483 e. The number of carbonyl (C=O) groups is 2. The third-order valence-corrected chi connectivity index (χ3v) is 5.17. The predicted octanol–water partition coefficient (Wildman–Crippen LogP) is 4.06. The normalized spacial score (nSPS) is 11.5. The van der Waals surface area contributed by atoms with Crippen LogP contribution in [0.2, 0.25) is 0 Å². The summed E-state index contributed by atoms with van der Waals surface area (Å²) < 4.78 is 5.44. The molecule has 0 aliphatic rings. The first kappa shape index (κ1) is 20.2. The summed E-state index contributed by atoms with van der Waals surface area (Å²) in [5.41, 5.74) is 1.85. The van der Waals surface area contributed by atoms with E-state index in [1.165, 1.54) is 23.5 Å². The number of carbonyl (C=O) groups excluding carboxylic acids is 2. The third kappa shape index (κ3) is 5.05. The molecule has 1 N–H and O–H groups in total. The van der Waals surface area contributed by atoms with Crippen molar-refractivity contribution in [3.05, 3.63) is 91.7 Å². The van der Waals surface area contributed by atoms with E-state index in [1.807, 2.05) is 48.7 Å². The lowest BCUT2D eigenvalue weighted by Gasteiger charge is -2.19. The Hall–Kier alpha value is -3.52. The molecule has 0 saturated carbocycles. The van der Waals surface area contributed by atoms with Gasteiger partial charge in [0.15, 0.2) is 12.9 Å². The van der Waals surface area contributed by atoms with Gasteiger partial charge in [0.1, 0.15) is 5.75 Å². The molecule has 3 aromatic rings. The molecule has 0 spiro atoms. The van der Waals surface area contributed by atoms with Crippen molar-refractivity contribution in [1.29, 1.82) is 0 Å². The van der Waals surface area contributed by atoms with Gasteiger partial charge in [-0.25, -0.2) is 0 Å². The zero-order valence-electron chi connectivity index (χ0n) is 15.5. The summed E-state index contributed by atoms with van der Waals surface area (Å²) in [4.78, 5) is 34.9. The fraction of sp³-hybridized carbons (Fsp3) is 0.143. The van der Waals surface area contributed by atoms with Crippen LogP contribution in [0.5, 0.6) is 5.75 Å². The highest BCUT2D eigenvalue weighted by molar-refractivity contribution is 7.10. The SMILES string of the molecule is Cc1ccc(C(NC(=O)COc2ccc([N+](=O)[O-])cc2C=O)c2cccs2)cc1. The number of nitrogens with one attached hydrogen (secondary N) is 1. The van der Waals surface area contributed by atoms with E-state index < -0.39 is 4.92 Å². The number of aryl methyl sites for hydroxylation is 1. The van der Waals surface area contributed by atoms with E-state index in [1.54, 1.807) is 0 Å². The first-order chi connectivity index (χ1) is 14.0. The van der Waals surface area contributed by atoms with E-state index in [0.29, 0.717) is 6.29 Å². The fourth-order valence-corrected chi connectivity index (χ4v) is 3.55. The van der Waals surface area contributed by atoms with E-state index in [9.17, 15) is 19.7 Å². The Morgan fingerprint density at radius 2 is 2.00 bits per heavy atom. The molecule has 29 heavy (non-hydrogen) atoms. The Labute approximate surface area is 171 Å². The van der Waals surface area contributed by atoms with Crippen LogP contribution in [-0.2, 0) is 4.79 Å². The molecule has 7 nitrogen and oxygen atoms in total. The Balaban J connectivity index is 1.72. The highest BCUT2D eigenvalue weighted by Crippen LogP contribution is 2.27. The molecule has 3 rings (SSSR count). The lowest BCUT2D eigenvalue weighted by Crippen LogP contribution is -2.33. The molecule has 1 unspecified atom stereocenters. The number of thiophene rings is 1. The topological polar surface area (TPSA) is 98.5 Å². The van der Waals surface area contributed by atoms with Gasteiger partial charge in [0.2, 0.25) is 0 Å². The van der Waals surface area contributed by atoms with Gasteiger partial charge in [0, 0.05) is 17.0 Å². The van der Waals surface area contributed by atoms with Crippen LogP contribution in [0.1, 0.15) is 32.4 Å². The lowest BCUT2D eigenvalue weighted by atomic mass is 10.0. The Kier molecular flexibility index (Phi) is 6.36. The van der Waals surface area contributed by atoms with Crippen molar-refractivity contribution in [3.63, 3.8) is 0 Å². The summed E-state index contributed by atoms with van der Waals surface area (Å²) in [6.45, 7) is 1.66. The molecule has 2 aromatic carbocycles. The van der Waals surface area contributed by atoms with Gasteiger partial charge in [-0.1, -0.05) is 35.9 Å². The number of benzene rings is 2. The number of hydrogen-bond acceptors (Lipinski definition) is 6. The first-order valence-electron chi connectivity index (χ1n) is 8.73. The van der Waals surface area contributed by atoms with Crippen LogP contribution < -0.4 is 10.1 Å². The predicted molar refractivity (Wildman–Crippen MR) is 109 cm³/mol. The van der Waals surface area contributed by atoms with Gasteiger partial charge in [0.05, 0.1) is 16.5 Å². The van der Waals surface area contributed by atoms with Crippen LogP contribution >= 0.6 is 11.3 Å². The fourth-order valence-electron chi connectivity index (χ4n) is 2.75. The van der Waals surface area contributed by atoms with Crippen molar-refractivity contribution in [2.45, 2.75) is 13.0 Å². The van der Waals surface area contributed by atoms with Crippen molar-refractivity contribution in [2.24, 2.45) is 0 Å². The van der Waals surface area contributed by atoms with E-state index in [4.69, 9.17) is 4.74 Å². The summed E-state index contributed by atoms with van der Waals surface area (Å²) in [6, 6.07) is 15.1. The van der Waals surface area contributed by atoms with Gasteiger partial charge in [-0.3, -0.25) is 19.7 Å². The van der Waals surface area contributed by atoms with Gasteiger partial charge < -0.3 is 10.1 Å². The maximum atomic E-state index is 12.5. The van der Waals surface area contributed by atoms with E-state index >= 15 is 0 Å². The summed E-state index contributed by atoms with van der Waals surface area (Å²) in [5, 5.41) is 15.7. The maximum absolute atomic E-state index is 12.5. The van der Waals surface area contributed by atoms with Crippen molar-refractivity contribution >= 4 is 29.2 Å². The molecule has 0 aliphatic carbocycles. The van der Waals surface area contributed by atoms with Gasteiger partial charge in [-0.2, -0.15) is 0 Å². The van der Waals surface area contributed by atoms with Gasteiger partial charge >= 0.3 is 0 Å². The summed E-state index contributed by atoms with van der Waals surface area (Å²) in [7, 11) is 0. The molecule has 0 radical (unpaired) electrons. The molecule has 1 amide bonds. The number of non-ortho nitro benzene ring substituents is 1. The summed E-state index contributed by atoms with van der Waals surface area (Å²) >= 11 is 1.53. The highest BCUT2D eigenvalue weighted by Gasteiger charge is 2.19. The zero-order valence-corrected chi connectivity index (χ0v) is 16.3. The molecule has 1 aromatic heterocycles. The summed E-state index contributed by atoms with van der Waals surface area (Å²) in [5.74, 6) is -0.261. The minimum absolute atomic E-state index is 0.0142.